The number of benzene rings is 2. The van der Waals surface area contributed by atoms with Crippen LogP contribution in [-0.4, -0.2) is 10.9 Å². The van der Waals surface area contributed by atoms with E-state index in [0.29, 0.717) is 16.1 Å². The molecule has 0 radical (unpaired) electrons. The number of ether oxygens (including phenoxy) is 1. The van der Waals surface area contributed by atoms with Crippen molar-refractivity contribution in [1.29, 1.82) is 0 Å². The van der Waals surface area contributed by atoms with Gasteiger partial charge >= 0.3 is 5.97 Å². The zero-order valence-electron chi connectivity index (χ0n) is 10.3. The van der Waals surface area contributed by atoms with Crippen molar-refractivity contribution in [1.82, 2.24) is 0 Å². The maximum Gasteiger partial charge on any atom is 0.338 e. The minimum absolute atomic E-state index is 0.0347. The Labute approximate surface area is 119 Å². The number of nitrogens with zero attached hydrogens (tertiary/aromatic N) is 1. The van der Waals surface area contributed by atoms with E-state index in [0.717, 1.165) is 0 Å². The fourth-order valence-corrected chi connectivity index (χ4v) is 1.80. The predicted molar refractivity (Wildman–Crippen MR) is 73.7 cm³/mol. The van der Waals surface area contributed by atoms with E-state index in [2.05, 4.69) is 0 Å². The number of carbonyl (C=O) groups is 1. The second-order valence-corrected chi connectivity index (χ2v) is 4.45. The van der Waals surface area contributed by atoms with Gasteiger partial charge in [-0.15, -0.1) is 0 Å². The Morgan fingerprint density at radius 3 is 2.65 bits per heavy atom. The van der Waals surface area contributed by atoms with Gasteiger partial charge in [0.05, 0.1) is 10.5 Å². The Morgan fingerprint density at radius 2 is 1.95 bits per heavy atom. The van der Waals surface area contributed by atoms with Crippen molar-refractivity contribution in [3.8, 4) is 0 Å². The number of nitro benzene ring substituents is 1. The average Bonchev–Trinajstić information content (AvgIpc) is 2.45. The van der Waals surface area contributed by atoms with Crippen molar-refractivity contribution in [2.75, 3.05) is 0 Å². The van der Waals surface area contributed by atoms with Gasteiger partial charge in [-0.3, -0.25) is 10.1 Å². The molecule has 0 aliphatic heterocycles. The van der Waals surface area contributed by atoms with Gasteiger partial charge in [0.25, 0.3) is 5.69 Å². The lowest BCUT2D eigenvalue weighted by Gasteiger charge is -2.05. The molecule has 0 amide bonds. The first-order valence-electron chi connectivity index (χ1n) is 5.72. The Morgan fingerprint density at radius 1 is 1.20 bits per heavy atom. The molecule has 2 rings (SSSR count). The molecule has 5 nitrogen and oxygen atoms in total. The zero-order chi connectivity index (χ0) is 14.5. The van der Waals surface area contributed by atoms with Crippen LogP contribution in [0, 0.1) is 10.1 Å². The number of hydrogen-bond donors (Lipinski definition) is 0. The highest BCUT2D eigenvalue weighted by molar-refractivity contribution is 6.30. The molecule has 102 valence electrons. The molecule has 0 heterocycles. The van der Waals surface area contributed by atoms with E-state index in [1.807, 2.05) is 0 Å². The van der Waals surface area contributed by atoms with Crippen LogP contribution in [0.4, 0.5) is 5.69 Å². The van der Waals surface area contributed by atoms with E-state index in [-0.39, 0.29) is 12.3 Å². The molecule has 2 aromatic carbocycles. The quantitative estimate of drug-likeness (QED) is 0.490. The number of halogens is 1. The van der Waals surface area contributed by atoms with E-state index < -0.39 is 10.9 Å². The number of non-ortho nitro benzene ring substituents is 1. The fraction of sp³-hybridized carbons (Fsp3) is 0.0714. The van der Waals surface area contributed by atoms with Crippen molar-refractivity contribution < 1.29 is 14.5 Å². The lowest BCUT2D eigenvalue weighted by molar-refractivity contribution is -0.384. The highest BCUT2D eigenvalue weighted by Gasteiger charge is 2.10. The molecule has 0 bridgehead atoms. The lowest BCUT2D eigenvalue weighted by Crippen LogP contribution is -2.05. The molecule has 0 aliphatic carbocycles. The second-order valence-electron chi connectivity index (χ2n) is 4.01. The zero-order valence-corrected chi connectivity index (χ0v) is 11.0. The summed E-state index contributed by atoms with van der Waals surface area (Å²) >= 11 is 5.78. The van der Waals surface area contributed by atoms with E-state index in [1.54, 1.807) is 30.3 Å². The van der Waals surface area contributed by atoms with Crippen molar-refractivity contribution >= 4 is 23.3 Å². The third kappa shape index (κ3) is 3.55. The number of rotatable bonds is 4. The average molecular weight is 292 g/mol. The van der Waals surface area contributed by atoms with Crippen LogP contribution in [0.3, 0.4) is 0 Å². The van der Waals surface area contributed by atoms with Gasteiger partial charge in [-0.1, -0.05) is 29.8 Å². The molecule has 20 heavy (non-hydrogen) atoms. The number of esters is 1. The second kappa shape index (κ2) is 6.16. The van der Waals surface area contributed by atoms with Gasteiger partial charge in [0, 0.05) is 17.2 Å². The topological polar surface area (TPSA) is 69.4 Å². The third-order valence-electron chi connectivity index (χ3n) is 2.55. The van der Waals surface area contributed by atoms with E-state index in [9.17, 15) is 14.9 Å². The Balaban J connectivity index is 2.03. The van der Waals surface area contributed by atoms with E-state index in [4.69, 9.17) is 16.3 Å². The summed E-state index contributed by atoms with van der Waals surface area (Å²) in [5, 5.41) is 11.1. The first-order valence-corrected chi connectivity index (χ1v) is 6.10. The molecule has 0 aromatic heterocycles. The summed E-state index contributed by atoms with van der Waals surface area (Å²) in [6.45, 7) is -0.0347. The van der Waals surface area contributed by atoms with Crippen LogP contribution < -0.4 is 0 Å². The first kappa shape index (κ1) is 14.0. The molecule has 0 N–H and O–H groups in total. The smallest absolute Gasteiger partial charge is 0.338 e. The Kier molecular flexibility index (Phi) is 4.32. The standard InChI is InChI=1S/C14H10ClNO4/c15-12-5-2-4-11(8-12)14(17)20-9-10-3-1-6-13(7-10)16(18)19/h1-8H,9H2. The monoisotopic (exact) mass is 291 g/mol. The van der Waals surface area contributed by atoms with Gasteiger partial charge in [-0.25, -0.2) is 4.79 Å². The van der Waals surface area contributed by atoms with Crippen LogP contribution >= 0.6 is 11.6 Å². The molecule has 0 aliphatic rings. The summed E-state index contributed by atoms with van der Waals surface area (Å²) in [5.41, 5.74) is 0.846. The SMILES string of the molecule is O=C(OCc1cccc([N+](=O)[O-])c1)c1cccc(Cl)c1. The maximum absolute atomic E-state index is 11.8. The Bertz CT molecular complexity index is 657. The molecule has 0 saturated heterocycles. The minimum atomic E-state index is -0.529. The van der Waals surface area contributed by atoms with Crippen molar-refractivity contribution in [2.24, 2.45) is 0 Å². The third-order valence-corrected chi connectivity index (χ3v) is 2.79. The molecule has 0 saturated carbocycles. The summed E-state index contributed by atoms with van der Waals surface area (Å²) < 4.78 is 5.08. The van der Waals surface area contributed by atoms with Gasteiger partial charge in [0.15, 0.2) is 0 Å². The predicted octanol–water partition coefficient (Wildman–Crippen LogP) is 3.61. The molecule has 0 spiro atoms. The van der Waals surface area contributed by atoms with Crippen LogP contribution in [0.1, 0.15) is 15.9 Å². The van der Waals surface area contributed by atoms with E-state index >= 15 is 0 Å². The highest BCUT2D eigenvalue weighted by Crippen LogP contribution is 2.15. The normalized spacial score (nSPS) is 10.1. The molecule has 0 unspecified atom stereocenters. The van der Waals surface area contributed by atoms with E-state index in [1.165, 1.54) is 18.2 Å². The molecular weight excluding hydrogens is 282 g/mol. The van der Waals surface area contributed by atoms with Crippen LogP contribution in [-0.2, 0) is 11.3 Å². The molecule has 0 atom stereocenters. The molecular formula is C14H10ClNO4. The van der Waals surface area contributed by atoms with Crippen molar-refractivity contribution in [3.05, 3.63) is 74.8 Å². The summed E-state index contributed by atoms with van der Waals surface area (Å²) in [5.74, 6) is -0.529. The first-order chi connectivity index (χ1) is 9.56. The molecule has 2 aromatic rings. The Hall–Kier alpha value is -2.40. The number of carbonyl (C=O) groups excluding carboxylic acids is 1. The van der Waals surface area contributed by atoms with Gasteiger partial charge in [-0.2, -0.15) is 0 Å². The van der Waals surface area contributed by atoms with Crippen LogP contribution in [0.15, 0.2) is 48.5 Å². The maximum atomic E-state index is 11.8. The fourth-order valence-electron chi connectivity index (χ4n) is 1.61. The van der Waals surface area contributed by atoms with Gasteiger partial charge in [0.2, 0.25) is 0 Å². The minimum Gasteiger partial charge on any atom is -0.457 e. The van der Waals surface area contributed by atoms with Crippen LogP contribution in [0.5, 0.6) is 0 Å². The van der Waals surface area contributed by atoms with Crippen molar-refractivity contribution in [3.63, 3.8) is 0 Å². The number of hydrogen-bond acceptors (Lipinski definition) is 4. The van der Waals surface area contributed by atoms with Crippen LogP contribution in [0.25, 0.3) is 0 Å². The summed E-state index contributed by atoms with van der Waals surface area (Å²) in [6, 6.07) is 12.3. The molecule has 6 heteroatoms. The summed E-state index contributed by atoms with van der Waals surface area (Å²) in [4.78, 5) is 21.9. The summed E-state index contributed by atoms with van der Waals surface area (Å²) in [7, 11) is 0. The molecule has 0 fully saturated rings. The van der Waals surface area contributed by atoms with Crippen molar-refractivity contribution in [2.45, 2.75) is 6.61 Å². The van der Waals surface area contributed by atoms with Crippen LogP contribution in [0.2, 0.25) is 5.02 Å². The summed E-state index contributed by atoms with van der Waals surface area (Å²) in [6.07, 6.45) is 0. The van der Waals surface area contributed by atoms with Gasteiger partial charge in [0.1, 0.15) is 6.61 Å². The largest absolute Gasteiger partial charge is 0.457 e. The van der Waals surface area contributed by atoms with Gasteiger partial charge < -0.3 is 4.74 Å². The highest BCUT2D eigenvalue weighted by atomic mass is 35.5. The number of nitro groups is 1. The lowest BCUT2D eigenvalue weighted by atomic mass is 10.2. The van der Waals surface area contributed by atoms with Gasteiger partial charge in [-0.05, 0) is 23.8 Å².